The summed E-state index contributed by atoms with van der Waals surface area (Å²) in [4.78, 5) is 33.1. The van der Waals surface area contributed by atoms with Crippen LogP contribution < -0.4 is 5.56 Å². The molecule has 2 atom stereocenters. The second kappa shape index (κ2) is 8.14. The second-order valence-electron chi connectivity index (χ2n) is 7.97. The number of fused-ring (bicyclic) bond motifs is 3. The molecule has 2 aromatic heterocycles. The summed E-state index contributed by atoms with van der Waals surface area (Å²) in [6, 6.07) is 12.4. The normalized spacial score (nSPS) is 18.8. The third kappa shape index (κ3) is 3.53. The van der Waals surface area contributed by atoms with E-state index >= 15 is 0 Å². The molecule has 32 heavy (non-hydrogen) atoms. The summed E-state index contributed by atoms with van der Waals surface area (Å²) < 4.78 is 6.81. The Bertz CT molecular complexity index is 1380. The van der Waals surface area contributed by atoms with E-state index in [9.17, 15) is 14.7 Å². The summed E-state index contributed by atoms with van der Waals surface area (Å²) in [5, 5.41) is 21.7. The molecule has 1 unspecified atom stereocenters. The minimum absolute atomic E-state index is 0.0146. The van der Waals surface area contributed by atoms with Crippen molar-refractivity contribution in [3.8, 4) is 0 Å². The number of hydrogen-bond acceptors (Lipinski definition) is 6. The molecule has 1 aliphatic rings. The monoisotopic (exact) mass is 431 g/mol. The van der Waals surface area contributed by atoms with Crippen molar-refractivity contribution >= 4 is 27.6 Å². The molecule has 1 fully saturated rings. The van der Waals surface area contributed by atoms with Crippen molar-refractivity contribution in [2.75, 3.05) is 13.2 Å². The Morgan fingerprint density at radius 2 is 1.94 bits per heavy atom. The van der Waals surface area contributed by atoms with Gasteiger partial charge in [-0.1, -0.05) is 30.3 Å². The molecular weight excluding hydrogens is 410 g/mol. The Kier molecular flexibility index (Phi) is 5.16. The van der Waals surface area contributed by atoms with Gasteiger partial charge in [-0.2, -0.15) is 0 Å². The number of ether oxygens (including phenoxy) is 1. The predicted octanol–water partition coefficient (Wildman–Crippen LogP) is 2.56. The van der Waals surface area contributed by atoms with E-state index in [1.165, 1.54) is 17.0 Å². The lowest BCUT2D eigenvalue weighted by molar-refractivity contribution is -0.0395. The van der Waals surface area contributed by atoms with Crippen molar-refractivity contribution in [1.82, 2.24) is 14.5 Å². The van der Waals surface area contributed by atoms with Crippen LogP contribution in [0.3, 0.4) is 0 Å². The molecule has 0 spiro atoms. The molecule has 5 rings (SSSR count). The SMILES string of the molecule is O=C(O)c1ccc(Cc2cc3c(=O)n(C4CCOC[C@@H]4O)cnc3c3ccccc23)cn1. The molecule has 4 aromatic rings. The summed E-state index contributed by atoms with van der Waals surface area (Å²) in [5.41, 5.74) is 2.16. The van der Waals surface area contributed by atoms with Gasteiger partial charge in [0.1, 0.15) is 5.69 Å². The van der Waals surface area contributed by atoms with E-state index in [1.54, 1.807) is 12.3 Å². The number of aliphatic hydroxyl groups is 1. The summed E-state index contributed by atoms with van der Waals surface area (Å²) in [6.45, 7) is 0.673. The van der Waals surface area contributed by atoms with Gasteiger partial charge < -0.3 is 14.9 Å². The highest BCUT2D eigenvalue weighted by molar-refractivity contribution is 6.06. The molecule has 0 aliphatic carbocycles. The first kappa shape index (κ1) is 20.3. The quantitative estimate of drug-likeness (QED) is 0.477. The van der Waals surface area contributed by atoms with Crippen LogP contribution in [0.1, 0.15) is 34.1 Å². The maximum Gasteiger partial charge on any atom is 0.354 e. The largest absolute Gasteiger partial charge is 0.477 e. The Labute approximate surface area is 182 Å². The summed E-state index contributed by atoms with van der Waals surface area (Å²) in [5.74, 6) is -1.07. The number of aromatic nitrogens is 3. The third-order valence-electron chi connectivity index (χ3n) is 5.96. The van der Waals surface area contributed by atoms with Gasteiger partial charge in [0.05, 0.1) is 36.0 Å². The topological polar surface area (TPSA) is 115 Å². The van der Waals surface area contributed by atoms with Crippen LogP contribution in [0.2, 0.25) is 0 Å². The highest BCUT2D eigenvalue weighted by atomic mass is 16.5. The Hall–Kier alpha value is -3.62. The number of carboxylic acids is 1. The molecule has 0 radical (unpaired) electrons. The van der Waals surface area contributed by atoms with Crippen molar-refractivity contribution in [3.05, 3.63) is 82.2 Å². The number of benzene rings is 2. The van der Waals surface area contributed by atoms with Gasteiger partial charge in [-0.15, -0.1) is 0 Å². The molecule has 0 bridgehead atoms. The zero-order valence-electron chi connectivity index (χ0n) is 17.1. The molecule has 1 aliphatic heterocycles. The van der Waals surface area contributed by atoms with Gasteiger partial charge in [0, 0.05) is 18.2 Å². The van der Waals surface area contributed by atoms with E-state index in [0.29, 0.717) is 30.4 Å². The first-order valence-corrected chi connectivity index (χ1v) is 10.4. The van der Waals surface area contributed by atoms with Crippen LogP contribution in [0.4, 0.5) is 0 Å². The van der Waals surface area contributed by atoms with Crippen molar-refractivity contribution in [2.45, 2.75) is 25.0 Å². The smallest absolute Gasteiger partial charge is 0.354 e. The second-order valence-corrected chi connectivity index (χ2v) is 7.97. The van der Waals surface area contributed by atoms with Crippen LogP contribution in [0.25, 0.3) is 21.7 Å². The van der Waals surface area contributed by atoms with Crippen LogP contribution in [-0.2, 0) is 11.2 Å². The van der Waals surface area contributed by atoms with Crippen LogP contribution in [0.5, 0.6) is 0 Å². The Morgan fingerprint density at radius 3 is 2.66 bits per heavy atom. The molecule has 0 saturated carbocycles. The fourth-order valence-electron chi connectivity index (χ4n) is 4.34. The maximum atomic E-state index is 13.4. The molecule has 2 N–H and O–H groups in total. The van der Waals surface area contributed by atoms with E-state index in [-0.39, 0.29) is 23.9 Å². The van der Waals surface area contributed by atoms with Gasteiger partial charge in [-0.25, -0.2) is 14.8 Å². The van der Waals surface area contributed by atoms with Gasteiger partial charge in [0.15, 0.2) is 0 Å². The molecule has 8 nitrogen and oxygen atoms in total. The number of hydrogen-bond donors (Lipinski definition) is 2. The van der Waals surface area contributed by atoms with E-state index in [2.05, 4.69) is 9.97 Å². The number of pyridine rings is 1. The zero-order chi connectivity index (χ0) is 22.2. The minimum Gasteiger partial charge on any atom is -0.477 e. The third-order valence-corrected chi connectivity index (χ3v) is 5.96. The average molecular weight is 431 g/mol. The Morgan fingerprint density at radius 1 is 1.12 bits per heavy atom. The summed E-state index contributed by atoms with van der Waals surface area (Å²) >= 11 is 0. The number of aromatic carboxylic acids is 1. The highest BCUT2D eigenvalue weighted by Gasteiger charge is 2.27. The lowest BCUT2D eigenvalue weighted by atomic mass is 9.96. The van der Waals surface area contributed by atoms with E-state index < -0.39 is 12.1 Å². The molecule has 1 saturated heterocycles. The maximum absolute atomic E-state index is 13.4. The standard InChI is InChI=1S/C24H21N3O5/c28-21-12-32-8-7-20(21)27-13-26-22-17-4-2-1-3-16(17)15(10-18(22)23(27)29)9-14-5-6-19(24(30)31)25-11-14/h1-6,10-11,13,20-21,28H,7-9,12H2,(H,30,31)/t20?,21-/m0/s1. The summed E-state index contributed by atoms with van der Waals surface area (Å²) in [7, 11) is 0. The molecule has 162 valence electrons. The van der Waals surface area contributed by atoms with E-state index in [4.69, 9.17) is 9.84 Å². The number of carbonyl (C=O) groups is 1. The zero-order valence-corrected chi connectivity index (χ0v) is 17.1. The predicted molar refractivity (Wildman–Crippen MR) is 118 cm³/mol. The lowest BCUT2D eigenvalue weighted by Gasteiger charge is -2.29. The molecule has 8 heteroatoms. The number of nitrogens with zero attached hydrogens (tertiary/aromatic N) is 3. The van der Waals surface area contributed by atoms with Gasteiger partial charge in [0.2, 0.25) is 0 Å². The lowest BCUT2D eigenvalue weighted by Crippen LogP contribution is -2.39. The van der Waals surface area contributed by atoms with Crippen LogP contribution >= 0.6 is 0 Å². The van der Waals surface area contributed by atoms with Crippen LogP contribution in [0, 0.1) is 0 Å². The number of rotatable bonds is 4. The fraction of sp³-hybridized carbons (Fsp3) is 0.250. The van der Waals surface area contributed by atoms with Crippen LogP contribution in [-0.4, -0.2) is 50.0 Å². The van der Waals surface area contributed by atoms with Gasteiger partial charge in [-0.05, 0) is 41.5 Å². The highest BCUT2D eigenvalue weighted by Crippen LogP contribution is 2.28. The first-order chi connectivity index (χ1) is 15.5. The first-order valence-electron chi connectivity index (χ1n) is 10.4. The molecule has 3 heterocycles. The molecule has 2 aromatic carbocycles. The minimum atomic E-state index is -1.07. The van der Waals surface area contributed by atoms with Gasteiger partial charge in [-0.3, -0.25) is 9.36 Å². The van der Waals surface area contributed by atoms with Crippen LogP contribution in [0.15, 0.2) is 59.8 Å². The number of carboxylic acid groups (broad SMARTS) is 1. The average Bonchev–Trinajstić information content (AvgIpc) is 2.81. The van der Waals surface area contributed by atoms with Crippen molar-refractivity contribution < 1.29 is 19.7 Å². The van der Waals surface area contributed by atoms with Gasteiger partial charge in [0.25, 0.3) is 5.56 Å². The van der Waals surface area contributed by atoms with E-state index in [1.807, 2.05) is 30.3 Å². The number of aliphatic hydroxyl groups excluding tert-OH is 1. The summed E-state index contributed by atoms with van der Waals surface area (Å²) in [6.07, 6.45) is 3.32. The van der Waals surface area contributed by atoms with Crippen molar-refractivity contribution in [3.63, 3.8) is 0 Å². The van der Waals surface area contributed by atoms with Crippen molar-refractivity contribution in [2.24, 2.45) is 0 Å². The molecular formula is C24H21N3O5. The van der Waals surface area contributed by atoms with E-state index in [0.717, 1.165) is 21.9 Å². The fourth-order valence-corrected chi connectivity index (χ4v) is 4.34. The Balaban J connectivity index is 1.65. The molecule has 0 amide bonds. The van der Waals surface area contributed by atoms with Crippen molar-refractivity contribution in [1.29, 1.82) is 0 Å². The van der Waals surface area contributed by atoms with Gasteiger partial charge >= 0.3 is 5.97 Å².